The summed E-state index contributed by atoms with van der Waals surface area (Å²) in [6.45, 7) is 11.3. The highest BCUT2D eigenvalue weighted by atomic mass is 32.2. The average Bonchev–Trinajstić information content (AvgIpc) is 2.74. The van der Waals surface area contributed by atoms with Crippen LogP contribution in [0, 0.1) is 0 Å². The number of carbonyl (C=O) groups is 1. The maximum Gasteiger partial charge on any atom is 0.242 e. The maximum absolute atomic E-state index is 13.1. The molecule has 1 amide bonds. The number of hydrogen-bond acceptors (Lipinski definition) is 6. The van der Waals surface area contributed by atoms with E-state index in [-0.39, 0.29) is 10.8 Å². The molecule has 30 heavy (non-hydrogen) atoms. The van der Waals surface area contributed by atoms with Gasteiger partial charge in [0.2, 0.25) is 15.9 Å². The number of benzene rings is 1. The van der Waals surface area contributed by atoms with Gasteiger partial charge in [-0.05, 0) is 38.5 Å². The number of rotatable bonds is 12. The van der Waals surface area contributed by atoms with Crippen molar-refractivity contribution in [2.75, 3.05) is 62.7 Å². The third kappa shape index (κ3) is 7.23. The Balaban J connectivity index is 2.18. The summed E-state index contributed by atoms with van der Waals surface area (Å²) in [7, 11) is -3.73. The van der Waals surface area contributed by atoms with Gasteiger partial charge in [0.1, 0.15) is 4.90 Å². The van der Waals surface area contributed by atoms with Crippen molar-refractivity contribution in [1.82, 2.24) is 9.62 Å². The molecule has 1 saturated heterocycles. The van der Waals surface area contributed by atoms with Gasteiger partial charge in [0.05, 0.1) is 18.9 Å². The average molecular weight is 441 g/mol. The molecule has 1 heterocycles. The van der Waals surface area contributed by atoms with Crippen LogP contribution in [0.4, 0.5) is 11.4 Å². The molecule has 0 spiro atoms. The van der Waals surface area contributed by atoms with Gasteiger partial charge in [-0.15, -0.1) is 0 Å². The Morgan fingerprint density at radius 3 is 2.50 bits per heavy atom. The molecule has 0 aliphatic carbocycles. The Labute approximate surface area is 181 Å². The van der Waals surface area contributed by atoms with E-state index in [1.165, 1.54) is 0 Å². The van der Waals surface area contributed by atoms with E-state index in [2.05, 4.69) is 14.9 Å². The predicted molar refractivity (Wildman–Crippen MR) is 121 cm³/mol. The fourth-order valence-corrected chi connectivity index (χ4v) is 4.70. The van der Waals surface area contributed by atoms with E-state index in [1.54, 1.807) is 18.2 Å². The molecule has 2 N–H and O–H groups in total. The number of nitrogens with one attached hydrogen (secondary N) is 2. The van der Waals surface area contributed by atoms with Gasteiger partial charge in [-0.25, -0.2) is 13.1 Å². The summed E-state index contributed by atoms with van der Waals surface area (Å²) in [5, 5.41) is 2.83. The quantitative estimate of drug-likeness (QED) is 0.518. The van der Waals surface area contributed by atoms with Crippen LogP contribution in [0.25, 0.3) is 0 Å². The van der Waals surface area contributed by atoms with Gasteiger partial charge in [-0.1, -0.05) is 13.3 Å². The number of amides is 1. The zero-order valence-electron chi connectivity index (χ0n) is 18.4. The second kappa shape index (κ2) is 12.2. The topological polar surface area (TPSA) is 91.0 Å². The molecular weight excluding hydrogens is 404 g/mol. The molecule has 170 valence electrons. The van der Waals surface area contributed by atoms with Crippen molar-refractivity contribution in [3.63, 3.8) is 0 Å². The van der Waals surface area contributed by atoms with Crippen molar-refractivity contribution >= 4 is 27.3 Å². The highest BCUT2D eigenvalue weighted by molar-refractivity contribution is 7.89. The number of anilines is 2. The highest BCUT2D eigenvalue weighted by Gasteiger charge is 2.22. The summed E-state index contributed by atoms with van der Waals surface area (Å²) in [5.74, 6) is -0.101. The van der Waals surface area contributed by atoms with Crippen molar-refractivity contribution in [3.05, 3.63) is 18.2 Å². The van der Waals surface area contributed by atoms with Crippen LogP contribution in [0.3, 0.4) is 0 Å². The van der Waals surface area contributed by atoms with Crippen LogP contribution in [-0.4, -0.2) is 71.7 Å². The second-order valence-corrected chi connectivity index (χ2v) is 9.09. The van der Waals surface area contributed by atoms with Crippen LogP contribution in [-0.2, 0) is 19.6 Å². The van der Waals surface area contributed by atoms with Gasteiger partial charge in [-0.2, -0.15) is 0 Å². The summed E-state index contributed by atoms with van der Waals surface area (Å²) in [6.07, 6.45) is 2.16. The fourth-order valence-electron chi connectivity index (χ4n) is 3.43. The summed E-state index contributed by atoms with van der Waals surface area (Å²) in [5.41, 5.74) is 1.14. The van der Waals surface area contributed by atoms with Crippen LogP contribution in [0.2, 0.25) is 0 Å². The van der Waals surface area contributed by atoms with Crippen molar-refractivity contribution in [1.29, 1.82) is 0 Å². The van der Waals surface area contributed by atoms with Gasteiger partial charge in [-0.3, -0.25) is 9.69 Å². The smallest absolute Gasteiger partial charge is 0.242 e. The van der Waals surface area contributed by atoms with E-state index in [4.69, 9.17) is 4.74 Å². The summed E-state index contributed by atoms with van der Waals surface area (Å²) < 4.78 is 34.4. The molecule has 9 heteroatoms. The number of morpholine rings is 1. The molecule has 0 bridgehead atoms. The van der Waals surface area contributed by atoms with E-state index in [9.17, 15) is 13.2 Å². The minimum atomic E-state index is -3.73. The number of nitrogens with zero attached hydrogens (tertiary/aromatic N) is 2. The number of sulfonamides is 1. The SMILES string of the molecule is CCCCC(=O)Nc1ccc(N(CC)CC)c(S(=O)(=O)NCCN2CCOCC2)c1. The molecule has 0 radical (unpaired) electrons. The monoisotopic (exact) mass is 440 g/mol. The lowest BCUT2D eigenvalue weighted by atomic mass is 10.2. The number of hydrogen-bond donors (Lipinski definition) is 2. The van der Waals surface area contributed by atoms with Gasteiger partial charge in [0.25, 0.3) is 0 Å². The van der Waals surface area contributed by atoms with Crippen LogP contribution in [0.15, 0.2) is 23.1 Å². The first kappa shape index (κ1) is 24.6. The minimum Gasteiger partial charge on any atom is -0.379 e. The molecule has 0 unspecified atom stereocenters. The second-order valence-electron chi connectivity index (χ2n) is 7.36. The van der Waals surface area contributed by atoms with Gasteiger partial charge in [0, 0.05) is 51.4 Å². The number of carbonyl (C=O) groups excluding carboxylic acids is 1. The molecule has 1 aliphatic rings. The zero-order valence-corrected chi connectivity index (χ0v) is 19.3. The first-order valence-corrected chi connectivity index (χ1v) is 12.4. The molecule has 2 rings (SSSR count). The Hall–Kier alpha value is -1.68. The third-order valence-electron chi connectivity index (χ3n) is 5.22. The third-order valence-corrected chi connectivity index (χ3v) is 6.71. The summed E-state index contributed by atoms with van der Waals surface area (Å²) in [6, 6.07) is 5.11. The van der Waals surface area contributed by atoms with Crippen molar-refractivity contribution in [3.8, 4) is 0 Å². The Kier molecular flexibility index (Phi) is 10.0. The van der Waals surface area contributed by atoms with E-state index in [1.807, 2.05) is 25.7 Å². The molecular formula is C21H36N4O4S. The van der Waals surface area contributed by atoms with Crippen LogP contribution >= 0.6 is 0 Å². The van der Waals surface area contributed by atoms with E-state index < -0.39 is 10.0 Å². The fraction of sp³-hybridized carbons (Fsp3) is 0.667. The van der Waals surface area contributed by atoms with Crippen LogP contribution in [0.1, 0.15) is 40.0 Å². The molecule has 0 saturated carbocycles. The Bertz CT molecular complexity index is 775. The molecule has 1 fully saturated rings. The summed E-state index contributed by atoms with van der Waals surface area (Å²) >= 11 is 0. The van der Waals surface area contributed by atoms with E-state index in [0.29, 0.717) is 57.2 Å². The molecule has 8 nitrogen and oxygen atoms in total. The first-order chi connectivity index (χ1) is 14.4. The van der Waals surface area contributed by atoms with Crippen LogP contribution < -0.4 is 14.9 Å². The zero-order chi connectivity index (χ0) is 22.0. The molecule has 1 aromatic carbocycles. The maximum atomic E-state index is 13.1. The largest absolute Gasteiger partial charge is 0.379 e. The standard InChI is InChI=1S/C21H36N4O4S/c1-4-7-8-21(26)23-18-9-10-19(25(5-2)6-3)20(17-18)30(27,28)22-11-12-24-13-15-29-16-14-24/h9-10,17,22H,4-8,11-16H2,1-3H3,(H,23,26). The highest BCUT2D eigenvalue weighted by Crippen LogP contribution is 2.28. The van der Waals surface area contributed by atoms with Gasteiger partial charge >= 0.3 is 0 Å². The lowest BCUT2D eigenvalue weighted by Gasteiger charge is -2.27. The predicted octanol–water partition coefficient (Wildman–Crippen LogP) is 2.27. The van der Waals surface area contributed by atoms with Crippen LogP contribution in [0.5, 0.6) is 0 Å². The number of ether oxygens (including phenoxy) is 1. The normalized spacial score (nSPS) is 15.2. The van der Waals surface area contributed by atoms with E-state index in [0.717, 1.165) is 25.9 Å². The number of unbranched alkanes of at least 4 members (excludes halogenated alkanes) is 1. The minimum absolute atomic E-state index is 0.101. The lowest BCUT2D eigenvalue weighted by molar-refractivity contribution is -0.116. The van der Waals surface area contributed by atoms with Crippen molar-refractivity contribution < 1.29 is 17.9 Å². The Morgan fingerprint density at radius 1 is 1.17 bits per heavy atom. The molecule has 0 aromatic heterocycles. The summed E-state index contributed by atoms with van der Waals surface area (Å²) in [4.78, 5) is 16.5. The lowest BCUT2D eigenvalue weighted by Crippen LogP contribution is -2.41. The van der Waals surface area contributed by atoms with Crippen molar-refractivity contribution in [2.45, 2.75) is 44.9 Å². The van der Waals surface area contributed by atoms with Crippen molar-refractivity contribution in [2.24, 2.45) is 0 Å². The molecule has 0 atom stereocenters. The molecule has 1 aliphatic heterocycles. The first-order valence-electron chi connectivity index (χ1n) is 10.9. The van der Waals surface area contributed by atoms with Gasteiger partial charge < -0.3 is 15.0 Å². The van der Waals surface area contributed by atoms with Gasteiger partial charge in [0.15, 0.2) is 0 Å². The molecule has 1 aromatic rings. The Morgan fingerprint density at radius 2 is 1.87 bits per heavy atom. The van der Waals surface area contributed by atoms with E-state index >= 15 is 0 Å².